The van der Waals surface area contributed by atoms with Crippen molar-refractivity contribution in [1.29, 1.82) is 0 Å². The lowest BCUT2D eigenvalue weighted by Gasteiger charge is -2.44. The molecule has 3 heterocycles. The molecule has 0 radical (unpaired) electrons. The summed E-state index contributed by atoms with van der Waals surface area (Å²) in [5.41, 5.74) is 5.97. The van der Waals surface area contributed by atoms with Crippen molar-refractivity contribution in [3.05, 3.63) is 70.7 Å². The second kappa shape index (κ2) is 6.07. The van der Waals surface area contributed by atoms with Gasteiger partial charge in [0, 0.05) is 18.8 Å². The van der Waals surface area contributed by atoms with Gasteiger partial charge in [-0.1, -0.05) is 36.9 Å². The maximum Gasteiger partial charge on any atom is 0.224 e. The van der Waals surface area contributed by atoms with Gasteiger partial charge in [0.1, 0.15) is 18.5 Å². The molecule has 1 aromatic carbocycles. The lowest BCUT2D eigenvalue weighted by Crippen LogP contribution is -2.51. The summed E-state index contributed by atoms with van der Waals surface area (Å²) in [7, 11) is 0. The molecule has 1 fully saturated rings. The van der Waals surface area contributed by atoms with E-state index in [4.69, 9.17) is 4.74 Å². The van der Waals surface area contributed by atoms with Crippen LogP contribution in [0.25, 0.3) is 5.70 Å². The number of aromatic nitrogens is 1. The molecule has 4 rings (SSSR count). The lowest BCUT2D eigenvalue weighted by atomic mass is 10.0. The first-order valence-corrected chi connectivity index (χ1v) is 8.39. The number of piperidine rings is 1. The van der Waals surface area contributed by atoms with Gasteiger partial charge in [0.15, 0.2) is 5.75 Å². The standard InChI is InChI=1S/C19H21N3O2/c1-14-18-19(24-13-15-7-3-2-4-8-15)16(23)10-12-22(18)20-17-9-5-6-11-21(14)17/h2-4,7-8,10,12,17,20H,1,5-6,9,11,13H2/t17-/m0/s1. The molecule has 0 aliphatic carbocycles. The zero-order valence-corrected chi connectivity index (χ0v) is 13.6. The molecular weight excluding hydrogens is 302 g/mol. The predicted molar refractivity (Wildman–Crippen MR) is 94.2 cm³/mol. The van der Waals surface area contributed by atoms with E-state index in [-0.39, 0.29) is 11.6 Å². The number of nitrogens with zero attached hydrogens (tertiary/aromatic N) is 2. The molecule has 1 atom stereocenters. The number of rotatable bonds is 3. The summed E-state index contributed by atoms with van der Waals surface area (Å²) in [6.45, 7) is 5.56. The van der Waals surface area contributed by atoms with Crippen LogP contribution in [0.5, 0.6) is 5.75 Å². The largest absolute Gasteiger partial charge is 0.483 e. The highest BCUT2D eigenvalue weighted by Gasteiger charge is 2.32. The Hall–Kier alpha value is -2.69. The molecule has 0 saturated carbocycles. The molecule has 5 heteroatoms. The highest BCUT2D eigenvalue weighted by molar-refractivity contribution is 5.66. The van der Waals surface area contributed by atoms with E-state index >= 15 is 0 Å². The Morgan fingerprint density at radius 1 is 1.21 bits per heavy atom. The maximum atomic E-state index is 12.4. The SMILES string of the molecule is C=C1c2c(OCc3ccccc3)c(=O)ccn2N[C@@H]2CCCCN12. The van der Waals surface area contributed by atoms with Crippen LogP contribution < -0.4 is 15.6 Å². The van der Waals surface area contributed by atoms with Crippen LogP contribution >= 0.6 is 0 Å². The third kappa shape index (κ3) is 2.56. The number of benzene rings is 1. The summed E-state index contributed by atoms with van der Waals surface area (Å²) in [6, 6.07) is 11.4. The third-order valence-electron chi connectivity index (χ3n) is 4.69. The Balaban J connectivity index is 1.68. The minimum Gasteiger partial charge on any atom is -0.483 e. The van der Waals surface area contributed by atoms with Crippen molar-refractivity contribution in [3.8, 4) is 5.75 Å². The Morgan fingerprint density at radius 2 is 2.04 bits per heavy atom. The fraction of sp³-hybridized carbons (Fsp3) is 0.316. The first-order valence-electron chi connectivity index (χ1n) is 8.39. The summed E-state index contributed by atoms with van der Waals surface area (Å²) < 4.78 is 7.80. The quantitative estimate of drug-likeness (QED) is 0.943. The van der Waals surface area contributed by atoms with Gasteiger partial charge in [0.25, 0.3) is 0 Å². The fourth-order valence-corrected chi connectivity index (χ4v) is 3.45. The summed E-state index contributed by atoms with van der Waals surface area (Å²) in [6.07, 6.45) is 5.43. The molecule has 124 valence electrons. The van der Waals surface area contributed by atoms with Crippen LogP contribution in [0.15, 0.2) is 54.0 Å². The van der Waals surface area contributed by atoms with E-state index in [9.17, 15) is 4.79 Å². The predicted octanol–water partition coefficient (Wildman–Crippen LogP) is 2.77. The number of ether oxygens (including phenoxy) is 1. The number of pyridine rings is 1. The molecule has 0 bridgehead atoms. The summed E-state index contributed by atoms with van der Waals surface area (Å²) in [4.78, 5) is 14.6. The zero-order valence-electron chi connectivity index (χ0n) is 13.6. The van der Waals surface area contributed by atoms with Crippen LogP contribution in [0.4, 0.5) is 0 Å². The molecule has 2 aliphatic heterocycles. The first kappa shape index (κ1) is 14.9. The molecule has 24 heavy (non-hydrogen) atoms. The Morgan fingerprint density at radius 3 is 2.88 bits per heavy atom. The zero-order chi connectivity index (χ0) is 16.5. The molecule has 0 spiro atoms. The maximum absolute atomic E-state index is 12.4. The molecule has 2 aliphatic rings. The Kier molecular flexibility index (Phi) is 3.76. The van der Waals surface area contributed by atoms with E-state index in [0.717, 1.165) is 36.3 Å². The van der Waals surface area contributed by atoms with Gasteiger partial charge in [0.2, 0.25) is 5.43 Å². The van der Waals surface area contributed by atoms with Crippen molar-refractivity contribution in [1.82, 2.24) is 9.58 Å². The first-order chi connectivity index (χ1) is 11.7. The molecule has 1 N–H and O–H groups in total. The van der Waals surface area contributed by atoms with Crippen LogP contribution in [-0.2, 0) is 6.61 Å². The van der Waals surface area contributed by atoms with Gasteiger partial charge < -0.3 is 15.1 Å². The van der Waals surface area contributed by atoms with Gasteiger partial charge in [-0.3, -0.25) is 9.47 Å². The average molecular weight is 323 g/mol. The summed E-state index contributed by atoms with van der Waals surface area (Å²) in [5, 5.41) is 0. The van der Waals surface area contributed by atoms with Gasteiger partial charge in [0.05, 0.1) is 5.70 Å². The van der Waals surface area contributed by atoms with Gasteiger partial charge in [-0.05, 0) is 24.8 Å². The molecule has 1 aromatic heterocycles. The van der Waals surface area contributed by atoms with Crippen molar-refractivity contribution in [3.63, 3.8) is 0 Å². The molecule has 0 amide bonds. The monoisotopic (exact) mass is 323 g/mol. The molecule has 0 unspecified atom stereocenters. The second-order valence-corrected chi connectivity index (χ2v) is 6.28. The van der Waals surface area contributed by atoms with Crippen molar-refractivity contribution in [2.24, 2.45) is 0 Å². The number of fused-ring (bicyclic) bond motifs is 2. The van der Waals surface area contributed by atoms with Crippen molar-refractivity contribution in [2.75, 3.05) is 12.0 Å². The van der Waals surface area contributed by atoms with Crippen LogP contribution in [0.2, 0.25) is 0 Å². The number of hydrogen-bond acceptors (Lipinski definition) is 4. The third-order valence-corrected chi connectivity index (χ3v) is 4.69. The van der Waals surface area contributed by atoms with Crippen LogP contribution in [0.3, 0.4) is 0 Å². The minimum absolute atomic E-state index is 0.115. The van der Waals surface area contributed by atoms with E-state index < -0.39 is 0 Å². The fourth-order valence-electron chi connectivity index (χ4n) is 3.45. The van der Waals surface area contributed by atoms with Gasteiger partial charge >= 0.3 is 0 Å². The van der Waals surface area contributed by atoms with E-state index in [1.54, 1.807) is 12.3 Å². The average Bonchev–Trinajstić information content (AvgIpc) is 2.62. The highest BCUT2D eigenvalue weighted by atomic mass is 16.5. The highest BCUT2D eigenvalue weighted by Crippen LogP contribution is 2.33. The van der Waals surface area contributed by atoms with Crippen LogP contribution in [-0.4, -0.2) is 22.3 Å². The molecule has 1 saturated heterocycles. The van der Waals surface area contributed by atoms with Crippen molar-refractivity contribution < 1.29 is 4.74 Å². The van der Waals surface area contributed by atoms with Crippen molar-refractivity contribution >= 4 is 5.70 Å². The van der Waals surface area contributed by atoms with Gasteiger partial charge in [-0.25, -0.2) is 0 Å². The van der Waals surface area contributed by atoms with Crippen LogP contribution in [0.1, 0.15) is 30.5 Å². The van der Waals surface area contributed by atoms with E-state index in [0.29, 0.717) is 12.4 Å². The summed E-state index contributed by atoms with van der Waals surface area (Å²) in [5.74, 6) is 0.364. The van der Waals surface area contributed by atoms with Crippen LogP contribution in [0, 0.1) is 0 Å². The Labute approximate surface area is 141 Å². The second-order valence-electron chi connectivity index (χ2n) is 6.28. The Bertz CT molecular complexity index is 813. The van der Waals surface area contributed by atoms with E-state index in [1.807, 2.05) is 35.0 Å². The normalized spacial score (nSPS) is 19.2. The molecule has 2 aromatic rings. The molecular formula is C19H21N3O2. The minimum atomic E-state index is -0.115. The summed E-state index contributed by atoms with van der Waals surface area (Å²) >= 11 is 0. The number of hydrogen-bond donors (Lipinski definition) is 1. The topological polar surface area (TPSA) is 46.5 Å². The number of nitrogens with one attached hydrogen (secondary N) is 1. The van der Waals surface area contributed by atoms with Gasteiger partial charge in [-0.2, -0.15) is 0 Å². The van der Waals surface area contributed by atoms with Gasteiger partial charge in [-0.15, -0.1) is 0 Å². The lowest BCUT2D eigenvalue weighted by molar-refractivity contribution is 0.218. The smallest absolute Gasteiger partial charge is 0.224 e. The van der Waals surface area contributed by atoms with Crippen molar-refractivity contribution in [2.45, 2.75) is 32.0 Å². The van der Waals surface area contributed by atoms with E-state index in [2.05, 4.69) is 16.9 Å². The van der Waals surface area contributed by atoms with E-state index in [1.165, 1.54) is 6.42 Å². The molecule has 5 nitrogen and oxygen atoms in total.